The zero-order valence-electron chi connectivity index (χ0n) is 11.4. The first-order valence-corrected chi connectivity index (χ1v) is 6.13. The van der Waals surface area contributed by atoms with Gasteiger partial charge in [-0.3, -0.25) is 4.79 Å². The summed E-state index contributed by atoms with van der Waals surface area (Å²) in [5.41, 5.74) is 0.186. The molecule has 1 heterocycles. The Balaban J connectivity index is 3.01. The van der Waals surface area contributed by atoms with Crippen LogP contribution in [0.3, 0.4) is 0 Å². The average Bonchev–Trinajstić information content (AvgIpc) is 2.39. The molecule has 0 aliphatic carbocycles. The minimum Gasteiger partial charge on any atom is -0.495 e. The first kappa shape index (κ1) is 14.9. The molecule has 1 rings (SSSR count). The molecule has 0 spiro atoms. The number of nitrogens with zero attached hydrogens (tertiary/aromatic N) is 1. The molecule has 1 N–H and O–H groups in total. The highest BCUT2D eigenvalue weighted by Crippen LogP contribution is 2.20. The number of nitrogens with one attached hydrogen (secondary N) is 1. The molecule has 6 heteroatoms. The van der Waals surface area contributed by atoms with Crippen molar-refractivity contribution >= 4 is 17.7 Å². The topological polar surface area (TPSA) is 77.5 Å². The van der Waals surface area contributed by atoms with Gasteiger partial charge >= 0.3 is 5.97 Å². The average molecular weight is 266 g/mol. The van der Waals surface area contributed by atoms with Gasteiger partial charge in [-0.15, -0.1) is 0 Å². The molecule has 1 amide bonds. The Morgan fingerprint density at radius 2 is 2.11 bits per heavy atom. The van der Waals surface area contributed by atoms with Crippen LogP contribution in [-0.2, 0) is 9.53 Å². The number of hydrogen-bond donors (Lipinski definition) is 1. The van der Waals surface area contributed by atoms with E-state index in [9.17, 15) is 9.59 Å². The van der Waals surface area contributed by atoms with E-state index in [0.29, 0.717) is 12.2 Å². The number of amides is 1. The Labute approximate surface area is 112 Å². The minimum absolute atomic E-state index is 0.186. The zero-order chi connectivity index (χ0) is 14.3. The number of aromatic nitrogens is 1. The summed E-state index contributed by atoms with van der Waals surface area (Å²) in [6, 6.07) is 1.49. The van der Waals surface area contributed by atoms with E-state index >= 15 is 0 Å². The van der Waals surface area contributed by atoms with E-state index in [1.165, 1.54) is 19.4 Å². The quantitative estimate of drug-likeness (QED) is 0.797. The SMILES string of the molecule is CCCC(=O)Nc1ncc(OC)cc1C(=O)OCC. The number of hydrogen-bond acceptors (Lipinski definition) is 5. The number of ether oxygens (including phenoxy) is 2. The first-order chi connectivity index (χ1) is 9.12. The molecule has 0 aliphatic rings. The molecule has 0 saturated heterocycles. The molecule has 0 aromatic carbocycles. The van der Waals surface area contributed by atoms with Crippen LogP contribution in [0.15, 0.2) is 12.3 Å². The third kappa shape index (κ3) is 4.24. The molecule has 0 unspecified atom stereocenters. The normalized spacial score (nSPS) is 9.84. The molecule has 6 nitrogen and oxygen atoms in total. The molecule has 0 radical (unpaired) electrons. The second kappa shape index (κ2) is 7.35. The molecular weight excluding hydrogens is 248 g/mol. The predicted molar refractivity (Wildman–Crippen MR) is 70.3 cm³/mol. The van der Waals surface area contributed by atoms with Crippen molar-refractivity contribution in [1.82, 2.24) is 4.98 Å². The lowest BCUT2D eigenvalue weighted by molar-refractivity contribution is -0.116. The standard InChI is InChI=1S/C13H18N2O4/c1-4-6-11(16)15-12-10(13(17)19-5-2)7-9(18-3)8-14-12/h7-8H,4-6H2,1-3H3,(H,14,15,16). The fraction of sp³-hybridized carbons (Fsp3) is 0.462. The summed E-state index contributed by atoms with van der Waals surface area (Å²) in [7, 11) is 1.47. The lowest BCUT2D eigenvalue weighted by Gasteiger charge is -2.10. The zero-order valence-corrected chi connectivity index (χ0v) is 11.4. The van der Waals surface area contributed by atoms with Gasteiger partial charge in [0.05, 0.1) is 19.9 Å². The van der Waals surface area contributed by atoms with Gasteiger partial charge in [-0.25, -0.2) is 9.78 Å². The van der Waals surface area contributed by atoms with Crippen molar-refractivity contribution in [2.45, 2.75) is 26.7 Å². The molecule has 0 atom stereocenters. The molecular formula is C13H18N2O4. The van der Waals surface area contributed by atoms with Gasteiger partial charge in [0.25, 0.3) is 0 Å². The summed E-state index contributed by atoms with van der Waals surface area (Å²) in [4.78, 5) is 27.4. The van der Waals surface area contributed by atoms with Gasteiger partial charge in [0, 0.05) is 6.42 Å². The van der Waals surface area contributed by atoms with Crippen LogP contribution in [0.2, 0.25) is 0 Å². The van der Waals surface area contributed by atoms with Crippen LogP contribution in [0.4, 0.5) is 5.82 Å². The molecule has 0 bridgehead atoms. The maximum Gasteiger partial charge on any atom is 0.342 e. The fourth-order valence-corrected chi connectivity index (χ4v) is 1.44. The lowest BCUT2D eigenvalue weighted by atomic mass is 10.2. The van der Waals surface area contributed by atoms with E-state index in [4.69, 9.17) is 9.47 Å². The third-order valence-electron chi connectivity index (χ3n) is 2.33. The maximum atomic E-state index is 11.8. The summed E-state index contributed by atoms with van der Waals surface area (Å²) < 4.78 is 9.93. The summed E-state index contributed by atoms with van der Waals surface area (Å²) >= 11 is 0. The Morgan fingerprint density at radius 1 is 1.37 bits per heavy atom. The van der Waals surface area contributed by atoms with Crippen molar-refractivity contribution in [3.8, 4) is 5.75 Å². The Morgan fingerprint density at radius 3 is 2.68 bits per heavy atom. The van der Waals surface area contributed by atoms with E-state index in [-0.39, 0.29) is 23.9 Å². The Hall–Kier alpha value is -2.11. The summed E-state index contributed by atoms with van der Waals surface area (Å²) in [6.45, 7) is 3.85. The Kier molecular flexibility index (Phi) is 5.78. The summed E-state index contributed by atoms with van der Waals surface area (Å²) in [5.74, 6) is -0.111. The van der Waals surface area contributed by atoms with Crippen LogP contribution in [0, 0.1) is 0 Å². The number of pyridine rings is 1. The largest absolute Gasteiger partial charge is 0.495 e. The number of anilines is 1. The smallest absolute Gasteiger partial charge is 0.342 e. The monoisotopic (exact) mass is 266 g/mol. The van der Waals surface area contributed by atoms with Gasteiger partial charge in [-0.2, -0.15) is 0 Å². The first-order valence-electron chi connectivity index (χ1n) is 6.13. The van der Waals surface area contributed by atoms with Gasteiger partial charge in [0.1, 0.15) is 17.1 Å². The number of carbonyl (C=O) groups excluding carboxylic acids is 2. The van der Waals surface area contributed by atoms with Crippen molar-refractivity contribution < 1.29 is 19.1 Å². The molecule has 1 aromatic heterocycles. The van der Waals surface area contributed by atoms with Crippen molar-refractivity contribution in [2.75, 3.05) is 19.0 Å². The van der Waals surface area contributed by atoms with Gasteiger partial charge < -0.3 is 14.8 Å². The van der Waals surface area contributed by atoms with Crippen LogP contribution in [0.1, 0.15) is 37.0 Å². The third-order valence-corrected chi connectivity index (χ3v) is 2.33. The highest BCUT2D eigenvalue weighted by molar-refractivity contribution is 6.00. The molecule has 0 aliphatic heterocycles. The van der Waals surface area contributed by atoms with Gasteiger partial charge in [-0.1, -0.05) is 6.92 Å². The van der Waals surface area contributed by atoms with Crippen LogP contribution in [0.25, 0.3) is 0 Å². The highest BCUT2D eigenvalue weighted by Gasteiger charge is 2.17. The molecule has 1 aromatic rings. The molecule has 0 saturated carbocycles. The van der Waals surface area contributed by atoms with E-state index in [1.54, 1.807) is 6.92 Å². The predicted octanol–water partition coefficient (Wildman–Crippen LogP) is 2.01. The van der Waals surface area contributed by atoms with Crippen LogP contribution in [0.5, 0.6) is 5.75 Å². The lowest BCUT2D eigenvalue weighted by Crippen LogP contribution is -2.16. The van der Waals surface area contributed by atoms with Crippen molar-refractivity contribution in [2.24, 2.45) is 0 Å². The van der Waals surface area contributed by atoms with E-state index in [1.807, 2.05) is 6.92 Å². The van der Waals surface area contributed by atoms with Crippen molar-refractivity contribution in [1.29, 1.82) is 0 Å². The van der Waals surface area contributed by atoms with Gasteiger partial charge in [-0.05, 0) is 19.4 Å². The minimum atomic E-state index is -0.541. The molecule has 19 heavy (non-hydrogen) atoms. The number of esters is 1. The number of carbonyl (C=O) groups is 2. The van der Waals surface area contributed by atoms with E-state index in [0.717, 1.165) is 6.42 Å². The van der Waals surface area contributed by atoms with Gasteiger partial charge in [0.15, 0.2) is 0 Å². The molecule has 0 fully saturated rings. The van der Waals surface area contributed by atoms with Crippen LogP contribution < -0.4 is 10.1 Å². The summed E-state index contributed by atoms with van der Waals surface area (Å²) in [5, 5.41) is 2.60. The second-order valence-electron chi connectivity index (χ2n) is 3.79. The molecule has 104 valence electrons. The van der Waals surface area contributed by atoms with E-state index in [2.05, 4.69) is 10.3 Å². The second-order valence-corrected chi connectivity index (χ2v) is 3.79. The summed E-state index contributed by atoms with van der Waals surface area (Å²) in [6.07, 6.45) is 2.52. The van der Waals surface area contributed by atoms with Gasteiger partial charge in [0.2, 0.25) is 5.91 Å². The number of rotatable bonds is 6. The highest BCUT2D eigenvalue weighted by atomic mass is 16.5. The Bertz CT molecular complexity index is 460. The van der Waals surface area contributed by atoms with Crippen LogP contribution >= 0.6 is 0 Å². The fourth-order valence-electron chi connectivity index (χ4n) is 1.44. The van der Waals surface area contributed by atoms with E-state index < -0.39 is 5.97 Å². The maximum absolute atomic E-state index is 11.8. The van der Waals surface area contributed by atoms with Crippen LogP contribution in [-0.4, -0.2) is 30.6 Å². The van der Waals surface area contributed by atoms with Crippen molar-refractivity contribution in [3.05, 3.63) is 17.8 Å². The number of methoxy groups -OCH3 is 1. The van der Waals surface area contributed by atoms with Crippen molar-refractivity contribution in [3.63, 3.8) is 0 Å².